The molecular formula is C24H38N2O3. The summed E-state index contributed by atoms with van der Waals surface area (Å²) in [6, 6.07) is 9.54. The minimum absolute atomic E-state index is 0.0361. The molecule has 5 heteroatoms. The molecule has 1 heterocycles. The third-order valence-corrected chi connectivity index (χ3v) is 6.07. The molecule has 5 nitrogen and oxygen atoms in total. The van der Waals surface area contributed by atoms with Crippen LogP contribution in [0.3, 0.4) is 0 Å². The molecule has 0 spiro atoms. The topological polar surface area (TPSA) is 49.9 Å². The van der Waals surface area contributed by atoms with Gasteiger partial charge in [0.05, 0.1) is 7.11 Å². The van der Waals surface area contributed by atoms with Crippen LogP contribution in [-0.2, 0) is 14.3 Å². The molecule has 29 heavy (non-hydrogen) atoms. The number of carbonyl (C=O) groups is 2. The van der Waals surface area contributed by atoms with E-state index in [1.54, 1.807) is 4.90 Å². The number of nitrogens with zero attached hydrogens (tertiary/aromatic N) is 2. The maximum absolute atomic E-state index is 13.0. The van der Waals surface area contributed by atoms with Crippen molar-refractivity contribution in [2.45, 2.75) is 77.2 Å². The Morgan fingerprint density at radius 1 is 1.00 bits per heavy atom. The number of carbonyl (C=O) groups excluding carboxylic acids is 2. The van der Waals surface area contributed by atoms with E-state index in [2.05, 4.69) is 11.8 Å². The molecule has 0 bridgehead atoms. The van der Waals surface area contributed by atoms with Crippen molar-refractivity contribution in [3.8, 4) is 0 Å². The SMILES string of the molecule is CCCCCCCCN1CCC(C(=O)OC)(N(C(=O)CC)c2ccccc2)CC1. The van der Waals surface area contributed by atoms with Crippen molar-refractivity contribution in [3.63, 3.8) is 0 Å². The summed E-state index contributed by atoms with van der Waals surface area (Å²) in [4.78, 5) is 30.0. The van der Waals surface area contributed by atoms with E-state index >= 15 is 0 Å². The Balaban J connectivity index is 2.07. The van der Waals surface area contributed by atoms with E-state index in [4.69, 9.17) is 4.74 Å². The summed E-state index contributed by atoms with van der Waals surface area (Å²) >= 11 is 0. The number of esters is 1. The average molecular weight is 403 g/mol. The first-order chi connectivity index (χ1) is 14.1. The van der Waals surface area contributed by atoms with E-state index in [1.165, 1.54) is 45.6 Å². The molecule has 1 aliphatic rings. The van der Waals surface area contributed by atoms with Gasteiger partial charge in [-0.25, -0.2) is 4.79 Å². The van der Waals surface area contributed by atoms with E-state index in [0.717, 1.165) is 25.3 Å². The highest BCUT2D eigenvalue weighted by atomic mass is 16.5. The monoisotopic (exact) mass is 402 g/mol. The second kappa shape index (κ2) is 12.0. The van der Waals surface area contributed by atoms with Crippen molar-refractivity contribution >= 4 is 17.6 Å². The molecule has 0 saturated carbocycles. The normalized spacial score (nSPS) is 16.4. The number of anilines is 1. The predicted molar refractivity (Wildman–Crippen MR) is 118 cm³/mol. The Kier molecular flexibility index (Phi) is 9.65. The number of hydrogen-bond donors (Lipinski definition) is 0. The van der Waals surface area contributed by atoms with Gasteiger partial charge in [0.2, 0.25) is 5.91 Å². The van der Waals surface area contributed by atoms with Gasteiger partial charge in [-0.15, -0.1) is 0 Å². The van der Waals surface area contributed by atoms with E-state index in [0.29, 0.717) is 19.3 Å². The number of likely N-dealkylation sites (tertiary alicyclic amines) is 1. The minimum Gasteiger partial charge on any atom is -0.467 e. The van der Waals surface area contributed by atoms with Gasteiger partial charge in [-0.1, -0.05) is 64.2 Å². The molecule has 0 atom stereocenters. The number of hydrogen-bond acceptors (Lipinski definition) is 4. The molecule has 0 aliphatic carbocycles. The standard InChI is InChI=1S/C24H38N2O3/c1-4-6-7-8-9-13-18-25-19-16-24(17-20-25,23(28)29-3)26(22(27)5-2)21-14-11-10-12-15-21/h10-12,14-15H,4-9,13,16-20H2,1-3H3. The summed E-state index contributed by atoms with van der Waals surface area (Å²) in [5, 5.41) is 0. The lowest BCUT2D eigenvalue weighted by atomic mass is 9.84. The molecule has 1 aromatic rings. The van der Waals surface area contributed by atoms with Crippen LogP contribution in [0.4, 0.5) is 5.69 Å². The fourth-order valence-electron chi connectivity index (χ4n) is 4.34. The molecule has 1 aromatic carbocycles. The van der Waals surface area contributed by atoms with Gasteiger partial charge in [0, 0.05) is 25.2 Å². The van der Waals surface area contributed by atoms with Crippen molar-refractivity contribution in [2.24, 2.45) is 0 Å². The van der Waals surface area contributed by atoms with Crippen LogP contribution in [0.15, 0.2) is 30.3 Å². The van der Waals surface area contributed by atoms with Crippen LogP contribution >= 0.6 is 0 Å². The number of benzene rings is 1. The van der Waals surface area contributed by atoms with Crippen molar-refractivity contribution in [3.05, 3.63) is 30.3 Å². The number of rotatable bonds is 11. The molecule has 162 valence electrons. The Hall–Kier alpha value is -1.88. The summed E-state index contributed by atoms with van der Waals surface area (Å²) in [6.07, 6.45) is 9.27. The van der Waals surface area contributed by atoms with Crippen LogP contribution < -0.4 is 4.90 Å². The van der Waals surface area contributed by atoms with E-state index in [1.807, 2.05) is 37.3 Å². The zero-order valence-corrected chi connectivity index (χ0v) is 18.5. The van der Waals surface area contributed by atoms with Gasteiger partial charge in [-0.05, 0) is 37.9 Å². The van der Waals surface area contributed by atoms with Gasteiger partial charge in [-0.2, -0.15) is 0 Å². The van der Waals surface area contributed by atoms with Gasteiger partial charge >= 0.3 is 5.97 Å². The van der Waals surface area contributed by atoms with Crippen molar-refractivity contribution in [1.29, 1.82) is 0 Å². The number of ether oxygens (including phenoxy) is 1. The van der Waals surface area contributed by atoms with Gasteiger partial charge in [0.25, 0.3) is 0 Å². The van der Waals surface area contributed by atoms with Crippen LogP contribution in [0.2, 0.25) is 0 Å². The van der Waals surface area contributed by atoms with Crippen molar-refractivity contribution in [1.82, 2.24) is 4.90 Å². The molecule has 1 saturated heterocycles. The number of amides is 1. The van der Waals surface area contributed by atoms with Crippen molar-refractivity contribution < 1.29 is 14.3 Å². The lowest BCUT2D eigenvalue weighted by Crippen LogP contribution is -2.62. The van der Waals surface area contributed by atoms with E-state index < -0.39 is 5.54 Å². The smallest absolute Gasteiger partial charge is 0.332 e. The summed E-state index contributed by atoms with van der Waals surface area (Å²) in [5.41, 5.74) is -0.144. The highest BCUT2D eigenvalue weighted by Crippen LogP contribution is 2.35. The second-order valence-electron chi connectivity index (χ2n) is 8.05. The maximum Gasteiger partial charge on any atom is 0.332 e. The molecule has 1 amide bonds. The second-order valence-corrected chi connectivity index (χ2v) is 8.05. The first-order valence-electron chi connectivity index (χ1n) is 11.3. The minimum atomic E-state index is -0.916. The zero-order chi connectivity index (χ0) is 21.1. The molecular weight excluding hydrogens is 364 g/mol. The molecule has 0 radical (unpaired) electrons. The van der Waals surface area contributed by atoms with Crippen LogP contribution in [0, 0.1) is 0 Å². The molecule has 0 aromatic heterocycles. The van der Waals surface area contributed by atoms with Gasteiger partial charge < -0.3 is 9.64 Å². The Labute approximate surface area is 176 Å². The maximum atomic E-state index is 13.0. The van der Waals surface area contributed by atoms with E-state index in [-0.39, 0.29) is 11.9 Å². The number of piperidine rings is 1. The third-order valence-electron chi connectivity index (χ3n) is 6.07. The number of methoxy groups -OCH3 is 1. The van der Waals surface area contributed by atoms with Crippen LogP contribution in [-0.4, -0.2) is 49.1 Å². The Bertz CT molecular complexity index is 624. The lowest BCUT2D eigenvalue weighted by molar-refractivity contribution is -0.151. The summed E-state index contributed by atoms with van der Waals surface area (Å²) < 4.78 is 5.21. The largest absolute Gasteiger partial charge is 0.467 e. The first-order valence-corrected chi connectivity index (χ1v) is 11.3. The Morgan fingerprint density at radius 3 is 2.21 bits per heavy atom. The van der Waals surface area contributed by atoms with Gasteiger partial charge in [-0.3, -0.25) is 9.69 Å². The summed E-state index contributed by atoms with van der Waals surface area (Å²) in [6.45, 7) is 6.77. The molecule has 1 aliphatic heterocycles. The summed E-state index contributed by atoms with van der Waals surface area (Å²) in [5.74, 6) is -0.339. The quantitative estimate of drug-likeness (QED) is 0.394. The molecule has 1 fully saturated rings. The third kappa shape index (κ3) is 6.05. The fourth-order valence-corrected chi connectivity index (χ4v) is 4.34. The Morgan fingerprint density at radius 2 is 1.62 bits per heavy atom. The van der Waals surface area contributed by atoms with Crippen LogP contribution in [0.25, 0.3) is 0 Å². The van der Waals surface area contributed by atoms with Gasteiger partial charge in [0.15, 0.2) is 0 Å². The fraction of sp³-hybridized carbons (Fsp3) is 0.667. The first kappa shape index (κ1) is 23.4. The van der Waals surface area contributed by atoms with Crippen LogP contribution in [0.1, 0.15) is 71.6 Å². The molecule has 0 unspecified atom stereocenters. The summed E-state index contributed by atoms with van der Waals surface area (Å²) in [7, 11) is 1.42. The molecule has 0 N–H and O–H groups in total. The highest BCUT2D eigenvalue weighted by Gasteiger charge is 2.49. The number of para-hydroxylation sites is 1. The average Bonchev–Trinajstić information content (AvgIpc) is 2.77. The zero-order valence-electron chi connectivity index (χ0n) is 18.5. The highest BCUT2D eigenvalue weighted by molar-refractivity contribution is 6.02. The predicted octanol–water partition coefficient (Wildman–Crippen LogP) is 4.80. The van der Waals surface area contributed by atoms with Gasteiger partial charge in [0.1, 0.15) is 5.54 Å². The van der Waals surface area contributed by atoms with Crippen molar-refractivity contribution in [2.75, 3.05) is 31.6 Å². The van der Waals surface area contributed by atoms with E-state index in [9.17, 15) is 9.59 Å². The lowest BCUT2D eigenvalue weighted by Gasteiger charge is -2.46. The van der Waals surface area contributed by atoms with Crippen LogP contribution in [0.5, 0.6) is 0 Å². The number of unbranched alkanes of at least 4 members (excludes halogenated alkanes) is 5. The molecule has 2 rings (SSSR count).